The first kappa shape index (κ1) is 23.1. The number of carbonyl (C=O) groups is 2. The van der Waals surface area contributed by atoms with Gasteiger partial charge in [0.25, 0.3) is 15.9 Å². The lowest BCUT2D eigenvalue weighted by atomic mass is 9.95. The number of Topliss-reactive ketones (excluding diaryl/α,β-unsaturated/α-hetero) is 1. The van der Waals surface area contributed by atoms with Crippen molar-refractivity contribution in [3.8, 4) is 11.5 Å². The molecule has 0 radical (unpaired) electrons. The van der Waals surface area contributed by atoms with Crippen LogP contribution in [0.2, 0.25) is 5.02 Å². The van der Waals surface area contributed by atoms with Gasteiger partial charge in [-0.2, -0.15) is 0 Å². The summed E-state index contributed by atoms with van der Waals surface area (Å²) in [6, 6.07) is 2.75. The Bertz CT molecular complexity index is 1380. The van der Waals surface area contributed by atoms with Gasteiger partial charge in [0, 0.05) is 6.42 Å². The molecule has 10 nitrogen and oxygen atoms in total. The molecular formula is C20H17ClN2O8S2. The number of hydrogen-bond donors (Lipinski definition) is 1. The van der Waals surface area contributed by atoms with Gasteiger partial charge in [0.1, 0.15) is 15.6 Å². The number of sulfonamides is 1. The molecule has 0 amide bonds. The highest BCUT2D eigenvalue weighted by atomic mass is 35.5. The number of hydrogen-bond acceptors (Lipinski definition) is 10. The SMILES string of the molecule is COC(=O)c1cc2c(c(C)c1CC(=O)c1sccc1S(=O)(=O)Nc1onc(C)c1Cl)OCO2. The second-order valence-electron chi connectivity index (χ2n) is 6.98. The number of halogens is 1. The molecule has 1 aliphatic heterocycles. The van der Waals surface area contributed by atoms with Crippen molar-refractivity contribution in [2.75, 3.05) is 18.6 Å². The Labute approximate surface area is 197 Å². The van der Waals surface area contributed by atoms with Crippen LogP contribution in [0, 0.1) is 13.8 Å². The molecule has 1 N–H and O–H groups in total. The number of esters is 1. The molecule has 0 spiro atoms. The molecule has 1 aliphatic rings. The number of carbonyl (C=O) groups excluding carboxylic acids is 2. The van der Waals surface area contributed by atoms with E-state index in [1.807, 2.05) is 0 Å². The molecule has 3 aromatic rings. The van der Waals surface area contributed by atoms with E-state index < -0.39 is 21.8 Å². The molecule has 2 aromatic heterocycles. The van der Waals surface area contributed by atoms with Crippen LogP contribution in [-0.2, 0) is 21.2 Å². The van der Waals surface area contributed by atoms with Crippen molar-refractivity contribution in [1.82, 2.24) is 5.16 Å². The Morgan fingerprint density at radius 2 is 2.06 bits per heavy atom. The minimum Gasteiger partial charge on any atom is -0.465 e. The van der Waals surface area contributed by atoms with E-state index in [0.29, 0.717) is 28.3 Å². The number of anilines is 1. The monoisotopic (exact) mass is 512 g/mol. The number of aryl methyl sites for hydroxylation is 1. The van der Waals surface area contributed by atoms with Crippen molar-refractivity contribution in [1.29, 1.82) is 0 Å². The molecule has 0 bridgehead atoms. The number of ether oxygens (including phenoxy) is 3. The van der Waals surface area contributed by atoms with Crippen molar-refractivity contribution >= 4 is 50.6 Å². The predicted octanol–water partition coefficient (Wildman–Crippen LogP) is 3.75. The van der Waals surface area contributed by atoms with Crippen molar-refractivity contribution in [2.24, 2.45) is 0 Å². The fraction of sp³-hybridized carbons (Fsp3) is 0.250. The van der Waals surface area contributed by atoms with Gasteiger partial charge in [-0.3, -0.25) is 4.79 Å². The molecule has 33 heavy (non-hydrogen) atoms. The average Bonchev–Trinajstić information content (AvgIpc) is 3.52. The molecule has 0 saturated carbocycles. The lowest BCUT2D eigenvalue weighted by Gasteiger charge is -2.13. The normalized spacial score (nSPS) is 12.6. The molecular weight excluding hydrogens is 496 g/mol. The smallest absolute Gasteiger partial charge is 0.338 e. The average molecular weight is 513 g/mol. The number of ketones is 1. The van der Waals surface area contributed by atoms with Gasteiger partial charge < -0.3 is 18.7 Å². The topological polar surface area (TPSA) is 134 Å². The van der Waals surface area contributed by atoms with Crippen molar-refractivity contribution in [2.45, 2.75) is 25.2 Å². The van der Waals surface area contributed by atoms with Crippen LogP contribution in [0.4, 0.5) is 5.88 Å². The maximum Gasteiger partial charge on any atom is 0.338 e. The number of nitrogens with zero attached hydrogens (tertiary/aromatic N) is 1. The predicted molar refractivity (Wildman–Crippen MR) is 118 cm³/mol. The Morgan fingerprint density at radius 1 is 1.30 bits per heavy atom. The minimum absolute atomic E-state index is 0.0142. The lowest BCUT2D eigenvalue weighted by Crippen LogP contribution is -2.17. The number of rotatable bonds is 7. The van der Waals surface area contributed by atoms with E-state index in [0.717, 1.165) is 11.3 Å². The maximum absolute atomic E-state index is 13.2. The van der Waals surface area contributed by atoms with Gasteiger partial charge in [0.15, 0.2) is 17.3 Å². The second kappa shape index (κ2) is 8.69. The fourth-order valence-electron chi connectivity index (χ4n) is 3.32. The van der Waals surface area contributed by atoms with Gasteiger partial charge in [0.05, 0.1) is 17.6 Å². The van der Waals surface area contributed by atoms with E-state index in [2.05, 4.69) is 9.88 Å². The summed E-state index contributed by atoms with van der Waals surface area (Å²) in [5.41, 5.74) is 1.33. The van der Waals surface area contributed by atoms with Crippen LogP contribution < -0.4 is 14.2 Å². The van der Waals surface area contributed by atoms with Crippen LogP contribution in [0.3, 0.4) is 0 Å². The third kappa shape index (κ3) is 4.16. The van der Waals surface area contributed by atoms with Crippen LogP contribution in [0.5, 0.6) is 11.5 Å². The number of thiophene rings is 1. The Kier molecular flexibility index (Phi) is 6.08. The molecule has 0 atom stereocenters. The summed E-state index contributed by atoms with van der Waals surface area (Å²) in [7, 11) is -2.99. The Hall–Kier alpha value is -3.09. The zero-order chi connectivity index (χ0) is 23.9. The fourth-order valence-corrected chi connectivity index (χ4v) is 5.88. The summed E-state index contributed by atoms with van der Waals surface area (Å²) < 4.78 is 48.6. The van der Waals surface area contributed by atoms with E-state index in [9.17, 15) is 18.0 Å². The van der Waals surface area contributed by atoms with Gasteiger partial charge in [-0.1, -0.05) is 16.8 Å². The minimum atomic E-state index is -4.21. The second-order valence-corrected chi connectivity index (χ2v) is 9.93. The highest BCUT2D eigenvalue weighted by molar-refractivity contribution is 7.93. The summed E-state index contributed by atoms with van der Waals surface area (Å²) in [5.74, 6) is -0.640. The van der Waals surface area contributed by atoms with E-state index in [1.54, 1.807) is 13.8 Å². The molecule has 0 saturated heterocycles. The molecule has 1 aromatic carbocycles. The summed E-state index contributed by atoms with van der Waals surface area (Å²) >= 11 is 6.95. The number of nitrogens with one attached hydrogen (secondary N) is 1. The van der Waals surface area contributed by atoms with E-state index in [1.165, 1.54) is 24.6 Å². The summed E-state index contributed by atoms with van der Waals surface area (Å²) in [6.07, 6.45) is -0.266. The highest BCUT2D eigenvalue weighted by Crippen LogP contribution is 2.40. The van der Waals surface area contributed by atoms with Gasteiger partial charge in [0.2, 0.25) is 6.79 Å². The van der Waals surface area contributed by atoms with E-state index >= 15 is 0 Å². The largest absolute Gasteiger partial charge is 0.465 e. The lowest BCUT2D eigenvalue weighted by molar-refractivity contribution is 0.0599. The highest BCUT2D eigenvalue weighted by Gasteiger charge is 2.30. The zero-order valence-electron chi connectivity index (χ0n) is 17.6. The summed E-state index contributed by atoms with van der Waals surface area (Å²) in [6.45, 7) is 3.22. The molecule has 3 heterocycles. The van der Waals surface area contributed by atoms with Gasteiger partial charge in [-0.15, -0.1) is 11.3 Å². The first-order valence-electron chi connectivity index (χ1n) is 9.39. The quantitative estimate of drug-likeness (QED) is 0.371. The van der Waals surface area contributed by atoms with Crippen LogP contribution >= 0.6 is 22.9 Å². The van der Waals surface area contributed by atoms with Crippen LogP contribution in [0.25, 0.3) is 0 Å². The first-order valence-corrected chi connectivity index (χ1v) is 12.1. The molecule has 0 aliphatic carbocycles. The van der Waals surface area contributed by atoms with Crippen molar-refractivity contribution < 1.29 is 36.7 Å². The molecule has 13 heteroatoms. The van der Waals surface area contributed by atoms with E-state index in [-0.39, 0.29) is 39.5 Å². The number of methoxy groups -OCH3 is 1. The number of benzene rings is 1. The molecule has 4 rings (SSSR count). The van der Waals surface area contributed by atoms with Crippen molar-refractivity contribution in [3.63, 3.8) is 0 Å². The van der Waals surface area contributed by atoms with E-state index in [4.69, 9.17) is 30.3 Å². The van der Waals surface area contributed by atoms with Crippen molar-refractivity contribution in [3.05, 3.63) is 49.8 Å². The van der Waals surface area contributed by atoms with Crippen LogP contribution in [-0.4, -0.2) is 39.2 Å². The van der Waals surface area contributed by atoms with Crippen LogP contribution in [0.15, 0.2) is 26.9 Å². The van der Waals surface area contributed by atoms with Gasteiger partial charge >= 0.3 is 5.97 Å². The Balaban J connectivity index is 1.69. The standard InChI is InChI=1S/C20H17ClN2O8S2/c1-9-11(12(20(25)28-3)7-14-17(9)30-8-29-14)6-13(24)18-15(4-5-32-18)33(26,27)23-19-16(21)10(2)22-31-19/h4-5,7,23H,6,8H2,1-3H3. The Morgan fingerprint density at radius 3 is 2.73 bits per heavy atom. The third-order valence-electron chi connectivity index (χ3n) is 4.97. The first-order chi connectivity index (χ1) is 15.6. The van der Waals surface area contributed by atoms with Gasteiger partial charge in [-0.05, 0) is 42.5 Å². The summed E-state index contributed by atoms with van der Waals surface area (Å²) in [4.78, 5) is 25.3. The summed E-state index contributed by atoms with van der Waals surface area (Å²) in [5, 5.41) is 5.09. The number of aromatic nitrogens is 1. The molecule has 174 valence electrons. The zero-order valence-corrected chi connectivity index (χ0v) is 19.9. The molecule has 0 unspecified atom stereocenters. The number of fused-ring (bicyclic) bond motifs is 1. The van der Waals surface area contributed by atoms with Gasteiger partial charge in [-0.25, -0.2) is 17.9 Å². The maximum atomic E-state index is 13.2. The third-order valence-corrected chi connectivity index (χ3v) is 7.87. The molecule has 0 fully saturated rings. The van der Waals surface area contributed by atoms with Crippen LogP contribution in [0.1, 0.15) is 36.9 Å².